The third kappa shape index (κ3) is 4.12. The van der Waals surface area contributed by atoms with Gasteiger partial charge in [0.05, 0.1) is 19.8 Å². The SMILES string of the molecule is COc1ccc(/C=C2\Oc3cc(OCc4ccccc4C)cc(C)c3C2=O)cc1OC. The van der Waals surface area contributed by atoms with Gasteiger partial charge in [-0.05, 0) is 60.4 Å². The molecule has 0 N–H and O–H groups in total. The second-order valence-electron chi connectivity index (χ2n) is 7.38. The summed E-state index contributed by atoms with van der Waals surface area (Å²) in [5, 5.41) is 0. The van der Waals surface area contributed by atoms with Crippen LogP contribution in [0.1, 0.15) is 32.6 Å². The molecule has 4 rings (SSSR count). The van der Waals surface area contributed by atoms with Crippen molar-refractivity contribution < 1.29 is 23.7 Å². The lowest BCUT2D eigenvalue weighted by molar-refractivity contribution is 0.101. The van der Waals surface area contributed by atoms with E-state index in [1.165, 1.54) is 5.56 Å². The molecular formula is C26H24O5. The lowest BCUT2D eigenvalue weighted by atomic mass is 10.0. The molecule has 3 aromatic rings. The molecule has 1 aliphatic rings. The first-order valence-electron chi connectivity index (χ1n) is 9.98. The summed E-state index contributed by atoms with van der Waals surface area (Å²) in [4.78, 5) is 12.9. The Labute approximate surface area is 181 Å². The number of allylic oxidation sites excluding steroid dienone is 1. The van der Waals surface area contributed by atoms with Gasteiger partial charge in [0.15, 0.2) is 17.3 Å². The highest BCUT2D eigenvalue weighted by Gasteiger charge is 2.30. The van der Waals surface area contributed by atoms with Crippen LogP contribution in [0.4, 0.5) is 0 Å². The van der Waals surface area contributed by atoms with Gasteiger partial charge in [-0.1, -0.05) is 30.3 Å². The Kier molecular flexibility index (Phi) is 5.67. The molecule has 0 spiro atoms. The van der Waals surface area contributed by atoms with E-state index in [1.807, 2.05) is 37.3 Å². The average Bonchev–Trinajstić information content (AvgIpc) is 3.08. The maximum absolute atomic E-state index is 12.9. The largest absolute Gasteiger partial charge is 0.493 e. The van der Waals surface area contributed by atoms with Crippen LogP contribution in [0.15, 0.2) is 60.4 Å². The molecule has 0 unspecified atom stereocenters. The first kappa shape index (κ1) is 20.5. The molecule has 1 heterocycles. The Bertz CT molecular complexity index is 1180. The third-order valence-electron chi connectivity index (χ3n) is 5.30. The predicted octanol–water partition coefficient (Wildman–Crippen LogP) is 5.52. The van der Waals surface area contributed by atoms with Crippen LogP contribution in [0.2, 0.25) is 0 Å². The van der Waals surface area contributed by atoms with Crippen molar-refractivity contribution in [2.45, 2.75) is 20.5 Å². The Morgan fingerprint density at radius 3 is 2.42 bits per heavy atom. The van der Waals surface area contributed by atoms with Crippen LogP contribution in [-0.4, -0.2) is 20.0 Å². The van der Waals surface area contributed by atoms with Crippen molar-refractivity contribution in [3.05, 3.63) is 88.2 Å². The Balaban J connectivity index is 1.58. The van der Waals surface area contributed by atoms with Crippen LogP contribution >= 0.6 is 0 Å². The number of methoxy groups -OCH3 is 2. The minimum atomic E-state index is -0.146. The van der Waals surface area contributed by atoms with Gasteiger partial charge >= 0.3 is 0 Å². The van der Waals surface area contributed by atoms with Gasteiger partial charge < -0.3 is 18.9 Å². The van der Waals surface area contributed by atoms with E-state index in [1.54, 1.807) is 38.5 Å². The van der Waals surface area contributed by atoms with E-state index < -0.39 is 0 Å². The van der Waals surface area contributed by atoms with Crippen molar-refractivity contribution in [2.24, 2.45) is 0 Å². The molecule has 0 bridgehead atoms. The zero-order valence-corrected chi connectivity index (χ0v) is 18.0. The molecule has 0 aromatic heterocycles. The number of hydrogen-bond acceptors (Lipinski definition) is 5. The monoisotopic (exact) mass is 416 g/mol. The van der Waals surface area contributed by atoms with Gasteiger partial charge in [0, 0.05) is 6.07 Å². The van der Waals surface area contributed by atoms with Gasteiger partial charge in [-0.3, -0.25) is 4.79 Å². The van der Waals surface area contributed by atoms with E-state index in [9.17, 15) is 4.79 Å². The number of ether oxygens (including phenoxy) is 4. The lowest BCUT2D eigenvalue weighted by Crippen LogP contribution is -2.00. The molecule has 5 heteroatoms. The summed E-state index contributed by atoms with van der Waals surface area (Å²) in [6.07, 6.45) is 1.71. The van der Waals surface area contributed by atoms with Gasteiger partial charge in [0.25, 0.3) is 0 Å². The molecule has 0 amide bonds. The number of Topliss-reactive ketones (excluding diaryl/α,β-unsaturated/α-hetero) is 1. The van der Waals surface area contributed by atoms with Crippen molar-refractivity contribution >= 4 is 11.9 Å². The smallest absolute Gasteiger partial charge is 0.232 e. The summed E-state index contributed by atoms with van der Waals surface area (Å²) in [6.45, 7) is 4.40. The first-order valence-corrected chi connectivity index (χ1v) is 9.98. The Hall–Kier alpha value is -3.73. The number of ketones is 1. The minimum absolute atomic E-state index is 0.146. The topological polar surface area (TPSA) is 54.0 Å². The fourth-order valence-electron chi connectivity index (χ4n) is 3.59. The summed E-state index contributed by atoms with van der Waals surface area (Å²) in [6, 6.07) is 17.2. The normalized spacial score (nSPS) is 13.7. The number of fused-ring (bicyclic) bond motifs is 1. The summed E-state index contributed by atoms with van der Waals surface area (Å²) >= 11 is 0. The minimum Gasteiger partial charge on any atom is -0.493 e. The number of aryl methyl sites for hydroxylation is 2. The van der Waals surface area contributed by atoms with E-state index in [0.717, 1.165) is 16.7 Å². The molecule has 1 aliphatic heterocycles. The average molecular weight is 416 g/mol. The van der Waals surface area contributed by atoms with Crippen LogP contribution in [0, 0.1) is 13.8 Å². The van der Waals surface area contributed by atoms with Gasteiger partial charge in [0.2, 0.25) is 5.78 Å². The number of rotatable bonds is 6. The molecule has 31 heavy (non-hydrogen) atoms. The number of hydrogen-bond donors (Lipinski definition) is 0. The fourth-order valence-corrected chi connectivity index (χ4v) is 3.59. The van der Waals surface area contributed by atoms with Crippen LogP contribution in [-0.2, 0) is 6.61 Å². The molecule has 0 atom stereocenters. The maximum atomic E-state index is 12.9. The second kappa shape index (κ2) is 8.56. The quantitative estimate of drug-likeness (QED) is 0.496. The van der Waals surface area contributed by atoms with E-state index in [2.05, 4.69) is 13.0 Å². The summed E-state index contributed by atoms with van der Waals surface area (Å²) in [5.74, 6) is 2.51. The zero-order valence-electron chi connectivity index (χ0n) is 18.0. The molecule has 0 fully saturated rings. The first-order chi connectivity index (χ1) is 15.0. The van der Waals surface area contributed by atoms with Crippen molar-refractivity contribution in [3.63, 3.8) is 0 Å². The second-order valence-corrected chi connectivity index (χ2v) is 7.38. The highest BCUT2D eigenvalue weighted by Crippen LogP contribution is 2.38. The summed E-state index contributed by atoms with van der Waals surface area (Å²) in [7, 11) is 3.15. The van der Waals surface area contributed by atoms with Crippen LogP contribution in [0.25, 0.3) is 6.08 Å². The van der Waals surface area contributed by atoms with Gasteiger partial charge in [-0.25, -0.2) is 0 Å². The van der Waals surface area contributed by atoms with Gasteiger partial charge in [0.1, 0.15) is 18.1 Å². The molecule has 0 saturated carbocycles. The molecule has 0 saturated heterocycles. The zero-order chi connectivity index (χ0) is 22.0. The highest BCUT2D eigenvalue weighted by atomic mass is 16.5. The molecular weight excluding hydrogens is 392 g/mol. The number of benzene rings is 3. The van der Waals surface area contributed by atoms with Gasteiger partial charge in [-0.15, -0.1) is 0 Å². The fraction of sp³-hybridized carbons (Fsp3) is 0.192. The molecule has 0 radical (unpaired) electrons. The van der Waals surface area contributed by atoms with Crippen molar-refractivity contribution in [2.75, 3.05) is 14.2 Å². The maximum Gasteiger partial charge on any atom is 0.232 e. The highest BCUT2D eigenvalue weighted by molar-refractivity contribution is 6.15. The Morgan fingerprint density at radius 1 is 0.903 bits per heavy atom. The summed E-state index contributed by atoms with van der Waals surface area (Å²) in [5.41, 5.74) is 4.45. The number of carbonyl (C=O) groups excluding carboxylic acids is 1. The van der Waals surface area contributed by atoms with Crippen molar-refractivity contribution in [1.29, 1.82) is 0 Å². The van der Waals surface area contributed by atoms with E-state index in [4.69, 9.17) is 18.9 Å². The van der Waals surface area contributed by atoms with E-state index >= 15 is 0 Å². The van der Waals surface area contributed by atoms with Gasteiger partial charge in [-0.2, -0.15) is 0 Å². The van der Waals surface area contributed by atoms with Crippen LogP contribution in [0.5, 0.6) is 23.0 Å². The Morgan fingerprint density at radius 2 is 1.68 bits per heavy atom. The molecule has 5 nitrogen and oxygen atoms in total. The summed E-state index contributed by atoms with van der Waals surface area (Å²) < 4.78 is 22.5. The predicted molar refractivity (Wildman–Crippen MR) is 119 cm³/mol. The standard InChI is InChI=1S/C26H24O5/c1-16-7-5-6-8-19(16)15-30-20-11-17(2)25-23(14-20)31-24(26(25)27)13-18-9-10-21(28-3)22(12-18)29-4/h5-14H,15H2,1-4H3/b24-13-. The van der Waals surface area contributed by atoms with Crippen LogP contribution in [0.3, 0.4) is 0 Å². The van der Waals surface area contributed by atoms with Crippen molar-refractivity contribution in [3.8, 4) is 23.0 Å². The third-order valence-corrected chi connectivity index (χ3v) is 5.30. The molecule has 158 valence electrons. The van der Waals surface area contributed by atoms with Crippen molar-refractivity contribution in [1.82, 2.24) is 0 Å². The lowest BCUT2D eigenvalue weighted by Gasteiger charge is -2.10. The van der Waals surface area contributed by atoms with E-state index in [0.29, 0.717) is 35.2 Å². The molecule has 0 aliphatic carbocycles. The number of carbonyl (C=O) groups is 1. The van der Waals surface area contributed by atoms with Crippen LogP contribution < -0.4 is 18.9 Å². The van der Waals surface area contributed by atoms with E-state index in [-0.39, 0.29) is 11.5 Å². The molecule has 3 aromatic carbocycles.